The van der Waals surface area contributed by atoms with Gasteiger partial charge in [0.2, 0.25) is 0 Å². The molecule has 0 radical (unpaired) electrons. The van der Waals surface area contributed by atoms with Gasteiger partial charge in [0, 0.05) is 11.8 Å². The van der Waals surface area contributed by atoms with E-state index in [9.17, 15) is 62.6 Å². The molecule has 0 heterocycles. The summed E-state index contributed by atoms with van der Waals surface area (Å²) in [7, 11) is 0. The van der Waals surface area contributed by atoms with E-state index in [1.165, 1.54) is 0 Å². The van der Waals surface area contributed by atoms with Crippen molar-refractivity contribution in [3.05, 3.63) is 0 Å². The highest BCUT2D eigenvalue weighted by molar-refractivity contribution is 5.72. The molecule has 0 aliphatic heterocycles. The molecule has 0 aromatic heterocycles. The van der Waals surface area contributed by atoms with Crippen molar-refractivity contribution in [2.24, 2.45) is 17.8 Å². The number of halogens is 12. The number of alkyl halides is 12. The maximum Gasteiger partial charge on any atom is 0.437 e. The lowest BCUT2D eigenvalue weighted by molar-refractivity contribution is -0.399. The second kappa shape index (κ2) is 8.72. The second-order valence-corrected chi connectivity index (χ2v) is 7.55. The fourth-order valence-electron chi connectivity index (χ4n) is 3.70. The Morgan fingerprint density at radius 3 is 1.41 bits per heavy atom. The predicted molar refractivity (Wildman–Crippen MR) is 79.7 cm³/mol. The van der Waals surface area contributed by atoms with Crippen LogP contribution in [0.2, 0.25) is 0 Å². The van der Waals surface area contributed by atoms with E-state index >= 15 is 0 Å². The van der Waals surface area contributed by atoms with Crippen LogP contribution in [0, 0.1) is 17.8 Å². The quantitative estimate of drug-likeness (QED) is 0.423. The number of carbonyl (C=O) groups is 1. The van der Waals surface area contributed by atoms with Crippen molar-refractivity contribution in [2.45, 2.75) is 68.5 Å². The summed E-state index contributed by atoms with van der Waals surface area (Å²) in [5.41, 5.74) is -10.6. The van der Waals surface area contributed by atoms with Gasteiger partial charge < -0.3 is 14.9 Å². The molecular formula is C16H18F12O4. The van der Waals surface area contributed by atoms with Gasteiger partial charge in [-0.2, -0.15) is 52.7 Å². The molecule has 1 aliphatic carbocycles. The number of aliphatic hydroxyl groups excluding tert-OH is 1. The fourth-order valence-corrected chi connectivity index (χ4v) is 3.70. The second-order valence-electron chi connectivity index (χ2n) is 7.55. The molecule has 190 valence electrons. The largest absolute Gasteiger partial charge is 0.439 e. The number of ether oxygens (including phenoxy) is 1. The lowest BCUT2D eigenvalue weighted by Gasteiger charge is -2.47. The summed E-state index contributed by atoms with van der Waals surface area (Å²) in [6.07, 6.45) is -31.4. The van der Waals surface area contributed by atoms with Crippen LogP contribution in [0.25, 0.3) is 0 Å². The van der Waals surface area contributed by atoms with Crippen LogP contribution in [0.4, 0.5) is 52.7 Å². The Morgan fingerprint density at radius 2 is 1.12 bits per heavy atom. The summed E-state index contributed by atoms with van der Waals surface area (Å²) < 4.78 is 163. The minimum Gasteiger partial charge on any atom is -0.439 e. The zero-order valence-electron chi connectivity index (χ0n) is 16.0. The Labute approximate surface area is 172 Å². The summed E-state index contributed by atoms with van der Waals surface area (Å²) in [6, 6.07) is 0. The average Bonchev–Trinajstić information content (AvgIpc) is 2.60. The zero-order chi connectivity index (χ0) is 25.6. The Hall–Kier alpha value is -1.45. The van der Waals surface area contributed by atoms with Gasteiger partial charge in [0.05, 0.1) is 12.5 Å². The summed E-state index contributed by atoms with van der Waals surface area (Å²) in [5, 5.41) is 18.2. The highest BCUT2D eigenvalue weighted by Gasteiger charge is 2.79. The summed E-state index contributed by atoms with van der Waals surface area (Å²) in [5.74, 6) is -9.54. The summed E-state index contributed by atoms with van der Waals surface area (Å²) in [6.45, 7) is -0.453. The third-order valence-corrected chi connectivity index (χ3v) is 5.54. The van der Waals surface area contributed by atoms with E-state index in [-0.39, 0.29) is 0 Å². The number of carbonyl (C=O) groups excluding carboxylic acids is 1. The maximum absolute atomic E-state index is 13.6. The van der Waals surface area contributed by atoms with E-state index in [1.54, 1.807) is 0 Å². The van der Waals surface area contributed by atoms with Crippen molar-refractivity contribution in [1.82, 2.24) is 0 Å². The Morgan fingerprint density at radius 1 is 0.781 bits per heavy atom. The van der Waals surface area contributed by atoms with Gasteiger partial charge in [0.15, 0.2) is 0 Å². The van der Waals surface area contributed by atoms with Gasteiger partial charge in [0.1, 0.15) is 0 Å². The third kappa shape index (κ3) is 4.75. The lowest BCUT2D eigenvalue weighted by atomic mass is 9.67. The van der Waals surface area contributed by atoms with Crippen LogP contribution in [0.3, 0.4) is 0 Å². The van der Waals surface area contributed by atoms with Gasteiger partial charge in [-0.05, 0) is 32.6 Å². The van der Waals surface area contributed by atoms with E-state index in [0.29, 0.717) is 0 Å². The Bertz CT molecular complexity index is 628. The molecule has 0 saturated heterocycles. The van der Waals surface area contributed by atoms with Gasteiger partial charge in [-0.25, -0.2) is 0 Å². The minimum absolute atomic E-state index is 0.740. The molecule has 4 nitrogen and oxygen atoms in total. The zero-order valence-corrected chi connectivity index (χ0v) is 16.0. The fraction of sp³-hybridized carbons (Fsp3) is 0.938. The molecule has 1 aliphatic rings. The number of hydrogen-bond donors (Lipinski definition) is 2. The van der Waals surface area contributed by atoms with Crippen LogP contribution in [0.15, 0.2) is 0 Å². The van der Waals surface area contributed by atoms with E-state index < -0.39 is 91.9 Å². The van der Waals surface area contributed by atoms with Gasteiger partial charge >= 0.3 is 36.3 Å². The normalized spacial score (nSPS) is 23.1. The number of esters is 1. The van der Waals surface area contributed by atoms with Crippen LogP contribution in [-0.4, -0.2) is 58.7 Å². The van der Waals surface area contributed by atoms with Crippen LogP contribution in [-0.2, 0) is 9.53 Å². The average molecular weight is 502 g/mol. The number of aliphatic hydroxyl groups is 2. The molecule has 1 fully saturated rings. The monoisotopic (exact) mass is 502 g/mol. The van der Waals surface area contributed by atoms with Crippen molar-refractivity contribution in [3.63, 3.8) is 0 Å². The van der Waals surface area contributed by atoms with Crippen molar-refractivity contribution < 1.29 is 72.4 Å². The highest BCUT2D eigenvalue weighted by Crippen LogP contribution is 2.58. The molecule has 0 bridgehead atoms. The molecule has 0 spiro atoms. The van der Waals surface area contributed by atoms with E-state index in [0.717, 1.165) is 6.92 Å². The molecule has 32 heavy (non-hydrogen) atoms. The molecule has 16 heteroatoms. The maximum atomic E-state index is 13.6. The first-order valence-electron chi connectivity index (χ1n) is 8.90. The standard InChI is InChI=1S/C16H18F12O4/c1-7(6-29)10(30)32-12(15(23,24)25,16(26,27)28)9-4-2-8(3-5-9)11(31,13(17,18)19)14(20,21)22/h7-9,29,31H,2-6H2,1H3. The van der Waals surface area contributed by atoms with Crippen molar-refractivity contribution in [2.75, 3.05) is 6.61 Å². The molecule has 1 unspecified atom stereocenters. The first-order valence-corrected chi connectivity index (χ1v) is 8.90. The van der Waals surface area contributed by atoms with E-state index in [2.05, 4.69) is 4.74 Å². The molecular weight excluding hydrogens is 484 g/mol. The first kappa shape index (κ1) is 28.6. The van der Waals surface area contributed by atoms with Crippen LogP contribution < -0.4 is 0 Å². The Kier molecular flexibility index (Phi) is 7.79. The molecule has 1 saturated carbocycles. The van der Waals surface area contributed by atoms with Crippen LogP contribution in [0.1, 0.15) is 32.6 Å². The lowest BCUT2D eigenvalue weighted by Crippen LogP contribution is -2.66. The summed E-state index contributed by atoms with van der Waals surface area (Å²) >= 11 is 0. The molecule has 2 N–H and O–H groups in total. The molecule has 0 amide bonds. The van der Waals surface area contributed by atoms with Crippen LogP contribution >= 0.6 is 0 Å². The first-order chi connectivity index (χ1) is 14.1. The molecule has 1 atom stereocenters. The van der Waals surface area contributed by atoms with Crippen molar-refractivity contribution in [1.29, 1.82) is 0 Å². The molecule has 0 aromatic carbocycles. The molecule has 1 rings (SSSR count). The van der Waals surface area contributed by atoms with Crippen molar-refractivity contribution >= 4 is 5.97 Å². The number of rotatable bonds is 5. The minimum atomic E-state index is -6.35. The van der Waals surface area contributed by atoms with Gasteiger partial charge in [0.25, 0.3) is 5.60 Å². The summed E-state index contributed by atoms with van der Waals surface area (Å²) in [4.78, 5) is 11.7. The molecule has 0 aromatic rings. The van der Waals surface area contributed by atoms with Gasteiger partial charge in [-0.15, -0.1) is 0 Å². The predicted octanol–water partition coefficient (Wildman–Crippen LogP) is 4.68. The highest BCUT2D eigenvalue weighted by atomic mass is 19.4. The SMILES string of the molecule is CC(CO)C(=O)OC(C1CCC(C(O)(C(F)(F)F)C(F)(F)F)CC1)(C(F)(F)F)C(F)(F)F. The third-order valence-electron chi connectivity index (χ3n) is 5.54. The van der Waals surface area contributed by atoms with Crippen molar-refractivity contribution in [3.8, 4) is 0 Å². The van der Waals surface area contributed by atoms with Crippen LogP contribution in [0.5, 0.6) is 0 Å². The topological polar surface area (TPSA) is 66.8 Å². The number of hydrogen-bond acceptors (Lipinski definition) is 4. The van der Waals surface area contributed by atoms with Gasteiger partial charge in [-0.3, -0.25) is 4.79 Å². The van der Waals surface area contributed by atoms with E-state index in [1.807, 2.05) is 0 Å². The Balaban J connectivity index is 3.41. The van der Waals surface area contributed by atoms with Gasteiger partial charge in [-0.1, -0.05) is 0 Å². The van der Waals surface area contributed by atoms with E-state index in [4.69, 9.17) is 5.11 Å². The smallest absolute Gasteiger partial charge is 0.437 e.